The number of hydrogen-bond donors (Lipinski definition) is 2. The average molecular weight is 444 g/mol. The van der Waals surface area contributed by atoms with E-state index in [4.69, 9.17) is 9.47 Å². The monoisotopic (exact) mass is 443 g/mol. The molecular formula is C19H17N5O4S2. The molecule has 0 spiro atoms. The maximum Gasteiger partial charge on any atom is 0.348 e. The number of aromatic amines is 1. The molecule has 3 aromatic rings. The minimum absolute atomic E-state index is 0.0376. The number of thiophene rings is 1. The lowest BCUT2D eigenvalue weighted by Crippen LogP contribution is -2.14. The summed E-state index contributed by atoms with van der Waals surface area (Å²) < 4.78 is 10.0. The van der Waals surface area contributed by atoms with Crippen LogP contribution in [0.1, 0.15) is 20.8 Å². The number of benzene rings is 1. The number of amides is 1. The Morgan fingerprint density at radius 1 is 1.30 bits per heavy atom. The Morgan fingerprint density at radius 3 is 2.77 bits per heavy atom. The van der Waals surface area contributed by atoms with Crippen LogP contribution >= 0.6 is 23.1 Å². The van der Waals surface area contributed by atoms with Crippen molar-refractivity contribution >= 4 is 40.0 Å². The molecule has 0 aliphatic rings. The fourth-order valence-corrected chi connectivity index (χ4v) is 4.29. The second kappa shape index (κ2) is 9.43. The fourth-order valence-electron chi connectivity index (χ4n) is 2.59. The number of hydrogen-bond acceptors (Lipinski definition) is 9. The van der Waals surface area contributed by atoms with Crippen LogP contribution in [0, 0.1) is 18.3 Å². The van der Waals surface area contributed by atoms with Crippen LogP contribution < -0.4 is 10.1 Å². The van der Waals surface area contributed by atoms with Crippen LogP contribution in [0.4, 0.5) is 5.00 Å². The number of aromatic nitrogens is 3. The normalized spacial score (nSPS) is 10.3. The Bertz CT molecular complexity index is 1130. The second-order valence-corrected chi connectivity index (χ2v) is 7.86. The van der Waals surface area contributed by atoms with Crippen molar-refractivity contribution in [3.8, 4) is 23.2 Å². The Morgan fingerprint density at radius 2 is 2.07 bits per heavy atom. The number of methoxy groups -OCH3 is 2. The molecule has 9 nitrogen and oxygen atoms in total. The molecule has 0 bridgehead atoms. The van der Waals surface area contributed by atoms with Crippen LogP contribution in [0.3, 0.4) is 0 Å². The molecule has 0 saturated heterocycles. The first-order chi connectivity index (χ1) is 14.5. The third-order valence-corrected chi connectivity index (χ3v) is 6.10. The first kappa shape index (κ1) is 21.4. The van der Waals surface area contributed by atoms with Gasteiger partial charge in [0.2, 0.25) is 5.91 Å². The molecule has 0 atom stereocenters. The van der Waals surface area contributed by atoms with E-state index >= 15 is 0 Å². The smallest absolute Gasteiger partial charge is 0.348 e. The van der Waals surface area contributed by atoms with E-state index in [1.54, 1.807) is 14.0 Å². The molecule has 2 heterocycles. The third-order valence-electron chi connectivity index (χ3n) is 4.05. The number of carbonyl (C=O) groups is 2. The van der Waals surface area contributed by atoms with Gasteiger partial charge >= 0.3 is 5.97 Å². The molecule has 2 N–H and O–H groups in total. The zero-order chi connectivity index (χ0) is 21.7. The number of H-pyrrole nitrogens is 1. The van der Waals surface area contributed by atoms with Crippen LogP contribution in [0.2, 0.25) is 0 Å². The minimum Gasteiger partial charge on any atom is -0.496 e. The maximum absolute atomic E-state index is 12.4. The number of thioether (sulfide) groups is 1. The van der Waals surface area contributed by atoms with Crippen LogP contribution in [0.15, 0.2) is 29.4 Å². The molecule has 3 rings (SSSR count). The van der Waals surface area contributed by atoms with E-state index in [0.717, 1.165) is 28.7 Å². The number of rotatable bonds is 7. The van der Waals surface area contributed by atoms with Gasteiger partial charge in [-0.15, -0.1) is 21.5 Å². The highest BCUT2D eigenvalue weighted by Gasteiger charge is 2.22. The van der Waals surface area contributed by atoms with Crippen molar-refractivity contribution in [3.63, 3.8) is 0 Å². The van der Waals surface area contributed by atoms with E-state index in [-0.39, 0.29) is 22.1 Å². The molecule has 0 aliphatic heterocycles. The summed E-state index contributed by atoms with van der Waals surface area (Å²) in [5, 5.41) is 20.9. The van der Waals surface area contributed by atoms with Gasteiger partial charge in [-0.25, -0.2) is 4.79 Å². The lowest BCUT2D eigenvalue weighted by molar-refractivity contribution is -0.113. The zero-order valence-electron chi connectivity index (χ0n) is 16.3. The lowest BCUT2D eigenvalue weighted by Gasteiger charge is -2.04. The molecule has 0 radical (unpaired) electrons. The predicted molar refractivity (Wildman–Crippen MR) is 113 cm³/mol. The highest BCUT2D eigenvalue weighted by molar-refractivity contribution is 7.99. The Labute approximate surface area is 180 Å². The van der Waals surface area contributed by atoms with Crippen LogP contribution in [0.5, 0.6) is 5.75 Å². The number of para-hydroxylation sites is 1. The summed E-state index contributed by atoms with van der Waals surface area (Å²) in [6, 6.07) is 9.39. The van der Waals surface area contributed by atoms with E-state index in [9.17, 15) is 14.9 Å². The Kier molecular flexibility index (Phi) is 6.71. The minimum atomic E-state index is -0.547. The van der Waals surface area contributed by atoms with Crippen LogP contribution in [-0.2, 0) is 9.53 Å². The van der Waals surface area contributed by atoms with Crippen molar-refractivity contribution in [3.05, 3.63) is 40.3 Å². The Hall–Kier alpha value is -3.36. The maximum atomic E-state index is 12.4. The summed E-state index contributed by atoms with van der Waals surface area (Å²) in [4.78, 5) is 27.5. The zero-order valence-corrected chi connectivity index (χ0v) is 17.9. The van der Waals surface area contributed by atoms with Gasteiger partial charge in [-0.05, 0) is 24.6 Å². The summed E-state index contributed by atoms with van der Waals surface area (Å²) >= 11 is 2.17. The molecule has 30 heavy (non-hydrogen) atoms. The van der Waals surface area contributed by atoms with E-state index in [1.807, 2.05) is 30.3 Å². The first-order valence-corrected chi connectivity index (χ1v) is 10.4. The average Bonchev–Trinajstić information content (AvgIpc) is 3.36. The molecule has 0 unspecified atom stereocenters. The molecule has 0 aliphatic carbocycles. The molecule has 0 saturated carbocycles. The van der Waals surface area contributed by atoms with Gasteiger partial charge in [0.05, 0.1) is 31.1 Å². The van der Waals surface area contributed by atoms with Gasteiger partial charge in [0.1, 0.15) is 21.7 Å². The predicted octanol–water partition coefficient (Wildman–Crippen LogP) is 3.24. The Balaban J connectivity index is 1.67. The third kappa shape index (κ3) is 4.45. The highest BCUT2D eigenvalue weighted by atomic mass is 32.2. The van der Waals surface area contributed by atoms with Gasteiger partial charge in [0.25, 0.3) is 0 Å². The number of ether oxygens (including phenoxy) is 2. The molecule has 0 fully saturated rings. The van der Waals surface area contributed by atoms with Gasteiger partial charge in [0.15, 0.2) is 11.0 Å². The number of nitrogens with one attached hydrogen (secondary N) is 2. The highest BCUT2D eigenvalue weighted by Crippen LogP contribution is 2.33. The number of anilines is 1. The topological polar surface area (TPSA) is 130 Å². The molecule has 1 amide bonds. The summed E-state index contributed by atoms with van der Waals surface area (Å²) in [6.07, 6.45) is 0. The fraction of sp³-hybridized carbons (Fsp3) is 0.211. The van der Waals surface area contributed by atoms with Gasteiger partial charge < -0.3 is 19.8 Å². The molecule has 11 heteroatoms. The van der Waals surface area contributed by atoms with E-state index in [1.165, 1.54) is 7.11 Å². The summed E-state index contributed by atoms with van der Waals surface area (Å²) in [7, 11) is 2.84. The molecular weight excluding hydrogens is 426 g/mol. The van der Waals surface area contributed by atoms with Crippen molar-refractivity contribution in [1.29, 1.82) is 5.26 Å². The van der Waals surface area contributed by atoms with Crippen molar-refractivity contribution in [2.75, 3.05) is 25.3 Å². The molecule has 154 valence electrons. The van der Waals surface area contributed by atoms with Gasteiger partial charge in [-0.1, -0.05) is 23.9 Å². The number of nitriles is 1. The molecule has 1 aromatic carbocycles. The summed E-state index contributed by atoms with van der Waals surface area (Å²) in [5.41, 5.74) is 1.48. The van der Waals surface area contributed by atoms with E-state index in [2.05, 4.69) is 20.5 Å². The molecule has 2 aromatic heterocycles. The van der Waals surface area contributed by atoms with Crippen molar-refractivity contribution in [1.82, 2.24) is 15.2 Å². The summed E-state index contributed by atoms with van der Waals surface area (Å²) in [6.45, 7) is 1.64. The van der Waals surface area contributed by atoms with E-state index in [0.29, 0.717) is 27.3 Å². The SMILES string of the molecule is COC(=O)c1sc(NC(=O)CSc2nnc(-c3ccccc3OC)[nH]2)c(C#N)c1C. The van der Waals surface area contributed by atoms with E-state index < -0.39 is 5.97 Å². The number of esters is 1. The largest absolute Gasteiger partial charge is 0.496 e. The first-order valence-electron chi connectivity index (χ1n) is 8.59. The number of nitrogens with zero attached hydrogens (tertiary/aromatic N) is 3. The second-order valence-electron chi connectivity index (χ2n) is 5.88. The van der Waals surface area contributed by atoms with Crippen LogP contribution in [-0.4, -0.2) is 47.0 Å². The summed E-state index contributed by atoms with van der Waals surface area (Å²) in [5.74, 6) is 0.328. The van der Waals surface area contributed by atoms with Gasteiger partial charge in [-0.3, -0.25) is 4.79 Å². The van der Waals surface area contributed by atoms with Gasteiger partial charge in [-0.2, -0.15) is 5.26 Å². The van der Waals surface area contributed by atoms with Gasteiger partial charge in [0, 0.05) is 0 Å². The number of carbonyl (C=O) groups excluding carboxylic acids is 2. The van der Waals surface area contributed by atoms with Crippen LogP contribution in [0.25, 0.3) is 11.4 Å². The quantitative estimate of drug-likeness (QED) is 0.420. The van der Waals surface area contributed by atoms with Crippen molar-refractivity contribution < 1.29 is 19.1 Å². The standard InChI is InChI=1S/C19H17N5O4S2/c1-10-12(8-20)17(30-15(10)18(26)28-3)21-14(25)9-29-19-22-16(23-24-19)11-6-4-5-7-13(11)27-2/h4-7H,9H2,1-3H3,(H,21,25)(H,22,23,24). The van der Waals surface area contributed by atoms with Crippen molar-refractivity contribution in [2.24, 2.45) is 0 Å². The lowest BCUT2D eigenvalue weighted by atomic mass is 10.2. The van der Waals surface area contributed by atoms with Crippen molar-refractivity contribution in [2.45, 2.75) is 12.1 Å².